The minimum Gasteiger partial charge on any atom is -0.459 e. The Kier molecular flexibility index (Phi) is 10.9. The maximum absolute atomic E-state index is 13.0. The fourth-order valence-electron chi connectivity index (χ4n) is 5.14. The van der Waals surface area contributed by atoms with Crippen LogP contribution >= 0.6 is 0 Å². The number of azide groups is 1. The molecule has 226 valence electrons. The van der Waals surface area contributed by atoms with Crippen LogP contribution in [-0.4, -0.2) is 91.6 Å². The molecule has 2 N–H and O–H groups in total. The molecule has 13 heteroatoms. The number of aliphatic hydroxyl groups excluding tert-OH is 2. The Hall–Kier alpha value is -3.55. The van der Waals surface area contributed by atoms with E-state index in [1.165, 1.54) is 7.11 Å². The lowest BCUT2D eigenvalue weighted by Gasteiger charge is -2.47. The van der Waals surface area contributed by atoms with Crippen molar-refractivity contribution in [3.8, 4) is 0 Å². The molecule has 0 radical (unpaired) electrons. The quantitative estimate of drug-likeness (QED) is 0.182. The van der Waals surface area contributed by atoms with E-state index in [-0.39, 0.29) is 12.2 Å². The molecule has 13 nitrogen and oxygen atoms in total. The summed E-state index contributed by atoms with van der Waals surface area (Å²) in [7, 11) is 1.39. The van der Waals surface area contributed by atoms with Crippen LogP contribution in [-0.2, 0) is 28.4 Å². The standard InChI is InChI=1S/C29H35N3O10/c1-16-22(31-32-30)28(37-3)40-21(15-38-26(35)18-10-6-4-7-11-18)24(16)42-29-25(17(2)23(34)20(14-33)39-29)41-27(36)19-12-8-5-9-13-19/h4-13,16-17,20-25,28-29,33-34H,14-15H2,1-3H3/t16?,17?,20?,21?,22-,23-,24-,25-,28-,29-/m0/s1. The van der Waals surface area contributed by atoms with E-state index in [0.29, 0.717) is 5.56 Å². The van der Waals surface area contributed by atoms with E-state index in [1.54, 1.807) is 74.5 Å². The summed E-state index contributed by atoms with van der Waals surface area (Å²) in [6.07, 6.45) is -7.41. The van der Waals surface area contributed by atoms with Crippen molar-refractivity contribution in [1.82, 2.24) is 0 Å². The van der Waals surface area contributed by atoms with Crippen molar-refractivity contribution in [2.45, 2.75) is 63.0 Å². The van der Waals surface area contributed by atoms with Gasteiger partial charge in [0.1, 0.15) is 18.8 Å². The van der Waals surface area contributed by atoms with E-state index in [9.17, 15) is 25.3 Å². The summed E-state index contributed by atoms with van der Waals surface area (Å²) >= 11 is 0. The van der Waals surface area contributed by atoms with Crippen molar-refractivity contribution in [3.63, 3.8) is 0 Å². The van der Waals surface area contributed by atoms with Crippen LogP contribution < -0.4 is 0 Å². The summed E-state index contributed by atoms with van der Waals surface area (Å²) in [4.78, 5) is 28.6. The van der Waals surface area contributed by atoms with Crippen molar-refractivity contribution < 1.29 is 48.2 Å². The third kappa shape index (κ3) is 7.08. The monoisotopic (exact) mass is 585 g/mol. The van der Waals surface area contributed by atoms with Crippen molar-refractivity contribution in [1.29, 1.82) is 0 Å². The highest BCUT2D eigenvalue weighted by molar-refractivity contribution is 5.89. The Morgan fingerprint density at radius 2 is 1.50 bits per heavy atom. The molecule has 0 amide bonds. The number of nitrogens with zero attached hydrogens (tertiary/aromatic N) is 3. The number of carbonyl (C=O) groups is 2. The molecule has 2 aliphatic rings. The van der Waals surface area contributed by atoms with Gasteiger partial charge in [0.05, 0.1) is 36.0 Å². The minimum absolute atomic E-state index is 0.256. The van der Waals surface area contributed by atoms with E-state index in [4.69, 9.17) is 28.4 Å². The molecule has 2 aromatic carbocycles. The molecule has 4 rings (SSSR count). The molecule has 4 unspecified atom stereocenters. The predicted octanol–water partition coefficient (Wildman–Crippen LogP) is 2.85. The summed E-state index contributed by atoms with van der Waals surface area (Å²) in [5.74, 6) is -2.52. The summed E-state index contributed by atoms with van der Waals surface area (Å²) < 4.78 is 35.1. The lowest BCUT2D eigenvalue weighted by molar-refractivity contribution is -0.332. The average Bonchev–Trinajstić information content (AvgIpc) is 3.02. The van der Waals surface area contributed by atoms with Gasteiger partial charge in [-0.2, -0.15) is 0 Å². The molecule has 0 bridgehead atoms. The Morgan fingerprint density at radius 3 is 2.07 bits per heavy atom. The number of esters is 2. The molecule has 42 heavy (non-hydrogen) atoms. The zero-order valence-corrected chi connectivity index (χ0v) is 23.5. The summed E-state index contributed by atoms with van der Waals surface area (Å²) in [5, 5.41) is 24.5. The predicted molar refractivity (Wildman–Crippen MR) is 146 cm³/mol. The molecule has 0 saturated carbocycles. The lowest BCUT2D eigenvalue weighted by Crippen LogP contribution is -2.61. The van der Waals surface area contributed by atoms with Crippen LogP contribution in [0.5, 0.6) is 0 Å². The first-order valence-corrected chi connectivity index (χ1v) is 13.6. The fraction of sp³-hybridized carbons (Fsp3) is 0.517. The van der Waals surface area contributed by atoms with Gasteiger partial charge in [0, 0.05) is 17.9 Å². The molecule has 10 atom stereocenters. The van der Waals surface area contributed by atoms with Crippen LogP contribution in [0, 0.1) is 11.8 Å². The third-order valence-corrected chi connectivity index (χ3v) is 7.56. The number of rotatable bonds is 10. The van der Waals surface area contributed by atoms with Gasteiger partial charge in [0.15, 0.2) is 18.7 Å². The highest BCUT2D eigenvalue weighted by atomic mass is 16.7. The van der Waals surface area contributed by atoms with Crippen LogP contribution in [0.1, 0.15) is 34.6 Å². The van der Waals surface area contributed by atoms with Crippen molar-refractivity contribution >= 4 is 11.9 Å². The number of aliphatic hydroxyl groups is 2. The lowest BCUT2D eigenvalue weighted by atomic mass is 9.88. The van der Waals surface area contributed by atoms with Gasteiger partial charge in [0.25, 0.3) is 0 Å². The van der Waals surface area contributed by atoms with Crippen LogP contribution in [0.15, 0.2) is 65.8 Å². The van der Waals surface area contributed by atoms with E-state index in [0.717, 1.165) is 0 Å². The highest BCUT2D eigenvalue weighted by Crippen LogP contribution is 2.36. The topological polar surface area (TPSA) is 179 Å². The van der Waals surface area contributed by atoms with E-state index >= 15 is 0 Å². The number of ether oxygens (including phenoxy) is 6. The molecule has 2 aliphatic heterocycles. The van der Waals surface area contributed by atoms with Crippen molar-refractivity contribution in [3.05, 3.63) is 82.2 Å². The van der Waals surface area contributed by atoms with E-state index in [1.807, 2.05) is 0 Å². The van der Waals surface area contributed by atoms with E-state index < -0.39 is 79.5 Å². The van der Waals surface area contributed by atoms with Gasteiger partial charge in [-0.25, -0.2) is 9.59 Å². The number of hydrogen-bond acceptors (Lipinski definition) is 11. The Balaban J connectivity index is 1.61. The first-order valence-electron chi connectivity index (χ1n) is 13.6. The van der Waals surface area contributed by atoms with Crippen LogP contribution in [0.3, 0.4) is 0 Å². The van der Waals surface area contributed by atoms with Gasteiger partial charge in [-0.3, -0.25) is 0 Å². The second-order valence-electron chi connectivity index (χ2n) is 10.2. The molecule has 2 fully saturated rings. The minimum atomic E-state index is -1.28. The average molecular weight is 586 g/mol. The second-order valence-corrected chi connectivity index (χ2v) is 10.2. The summed E-state index contributed by atoms with van der Waals surface area (Å²) in [6, 6.07) is 15.9. The Labute approximate surface area is 242 Å². The molecule has 2 aromatic rings. The van der Waals surface area contributed by atoms with Crippen molar-refractivity contribution in [2.75, 3.05) is 20.3 Å². The molecule has 2 saturated heterocycles. The molecule has 0 aliphatic carbocycles. The maximum Gasteiger partial charge on any atom is 0.338 e. The van der Waals surface area contributed by atoms with Crippen LogP contribution in [0.2, 0.25) is 0 Å². The number of hydrogen-bond donors (Lipinski definition) is 2. The normalized spacial score (nSPS) is 32.8. The number of methoxy groups -OCH3 is 1. The zero-order chi connectivity index (χ0) is 30.2. The maximum atomic E-state index is 13.0. The second kappa shape index (κ2) is 14.6. The van der Waals surface area contributed by atoms with Gasteiger partial charge >= 0.3 is 11.9 Å². The van der Waals surface area contributed by atoms with E-state index in [2.05, 4.69) is 10.0 Å². The SMILES string of the molecule is CO[C@H]1OC(COC(=O)c2ccccc2)[C@@H](O[C@@H]2OC(CO)[C@@H](O)C(C)[C@@H]2OC(=O)c2ccccc2)C(C)[C@@H]1N=[N+]=[N-]. The van der Waals surface area contributed by atoms with Gasteiger partial charge < -0.3 is 38.6 Å². The first-order chi connectivity index (χ1) is 20.3. The highest BCUT2D eigenvalue weighted by Gasteiger charge is 2.51. The van der Waals surface area contributed by atoms with Crippen LogP contribution in [0.25, 0.3) is 10.4 Å². The molecule has 0 aromatic heterocycles. The molecule has 2 heterocycles. The zero-order valence-electron chi connectivity index (χ0n) is 23.5. The van der Waals surface area contributed by atoms with Crippen LogP contribution in [0.4, 0.5) is 0 Å². The smallest absolute Gasteiger partial charge is 0.338 e. The Morgan fingerprint density at radius 1 is 0.905 bits per heavy atom. The summed E-state index contributed by atoms with van der Waals surface area (Å²) in [6.45, 7) is 2.63. The largest absolute Gasteiger partial charge is 0.459 e. The van der Waals surface area contributed by atoms with Crippen molar-refractivity contribution in [2.24, 2.45) is 17.0 Å². The molecular formula is C29H35N3O10. The number of carbonyl (C=O) groups excluding carboxylic acids is 2. The van der Waals surface area contributed by atoms with Gasteiger partial charge in [-0.05, 0) is 35.7 Å². The third-order valence-electron chi connectivity index (χ3n) is 7.56. The van der Waals surface area contributed by atoms with Gasteiger partial charge in [0.2, 0.25) is 0 Å². The van der Waals surface area contributed by atoms with Gasteiger partial charge in [-0.1, -0.05) is 55.4 Å². The van der Waals surface area contributed by atoms with Gasteiger partial charge in [-0.15, -0.1) is 0 Å². The summed E-state index contributed by atoms with van der Waals surface area (Å²) in [5.41, 5.74) is 9.83. The fourth-order valence-corrected chi connectivity index (χ4v) is 5.14. The molecular weight excluding hydrogens is 550 g/mol. The Bertz CT molecular complexity index is 1230. The first kappa shape index (κ1) is 31.4. The molecule has 0 spiro atoms. The number of benzene rings is 2.